The van der Waals surface area contributed by atoms with Crippen LogP contribution in [0.5, 0.6) is 0 Å². The van der Waals surface area contributed by atoms with Crippen molar-refractivity contribution in [2.24, 2.45) is 0 Å². The molecular weight excluding hydrogens is 364 g/mol. The molecule has 0 aliphatic heterocycles. The Kier molecular flexibility index (Phi) is 4.12. The maximum Gasteiger partial charge on any atom is 0.270 e. The molecule has 0 unspecified atom stereocenters. The summed E-state index contributed by atoms with van der Waals surface area (Å²) in [4.78, 5) is 16.1. The Morgan fingerprint density at radius 2 is 1.83 bits per heavy atom. The van der Waals surface area contributed by atoms with E-state index < -0.39 is 0 Å². The SMILES string of the molecule is Cc1nn(-c2ccccc2)c2nc3c(c(-c4cccc([N+](=O)[O-])c4)c12)CCCC3. The van der Waals surface area contributed by atoms with Gasteiger partial charge in [-0.15, -0.1) is 0 Å². The standard InChI is InChI=1S/C23H20N4O2/c1-15-21-22(16-8-7-11-18(14-16)27(28)29)19-12-5-6-13-20(19)24-23(21)26(25-15)17-9-3-2-4-10-17/h2-4,7-11,14H,5-6,12-13H2,1H3. The van der Waals surface area contributed by atoms with E-state index in [-0.39, 0.29) is 10.6 Å². The zero-order chi connectivity index (χ0) is 20.0. The van der Waals surface area contributed by atoms with Crippen molar-refractivity contribution in [1.29, 1.82) is 0 Å². The van der Waals surface area contributed by atoms with Crippen LogP contribution < -0.4 is 0 Å². The predicted molar refractivity (Wildman–Crippen MR) is 112 cm³/mol. The van der Waals surface area contributed by atoms with Crippen LogP contribution in [0.1, 0.15) is 29.8 Å². The Bertz CT molecular complexity index is 1240. The lowest BCUT2D eigenvalue weighted by Crippen LogP contribution is -2.09. The van der Waals surface area contributed by atoms with Crippen molar-refractivity contribution in [3.8, 4) is 16.8 Å². The van der Waals surface area contributed by atoms with Gasteiger partial charge in [-0.25, -0.2) is 9.67 Å². The van der Waals surface area contributed by atoms with Gasteiger partial charge in [0.2, 0.25) is 0 Å². The van der Waals surface area contributed by atoms with Gasteiger partial charge in [0.05, 0.1) is 21.7 Å². The lowest BCUT2D eigenvalue weighted by Gasteiger charge is -2.20. The summed E-state index contributed by atoms with van der Waals surface area (Å²) in [6.45, 7) is 1.99. The molecule has 0 atom stereocenters. The number of aryl methyl sites for hydroxylation is 2. The minimum Gasteiger partial charge on any atom is -0.258 e. The number of nitro groups is 1. The zero-order valence-corrected chi connectivity index (χ0v) is 16.1. The van der Waals surface area contributed by atoms with Gasteiger partial charge in [-0.05, 0) is 61.4 Å². The van der Waals surface area contributed by atoms with Crippen LogP contribution in [-0.2, 0) is 12.8 Å². The Morgan fingerprint density at radius 1 is 1.03 bits per heavy atom. The average molecular weight is 384 g/mol. The van der Waals surface area contributed by atoms with E-state index in [4.69, 9.17) is 10.1 Å². The van der Waals surface area contributed by atoms with Crippen LogP contribution in [0.3, 0.4) is 0 Å². The monoisotopic (exact) mass is 384 g/mol. The second-order valence-corrected chi connectivity index (χ2v) is 7.46. The summed E-state index contributed by atoms with van der Waals surface area (Å²) in [7, 11) is 0. The number of pyridine rings is 1. The topological polar surface area (TPSA) is 73.8 Å². The minimum absolute atomic E-state index is 0.102. The third-order valence-electron chi connectivity index (χ3n) is 5.61. The molecule has 6 heteroatoms. The second-order valence-electron chi connectivity index (χ2n) is 7.46. The summed E-state index contributed by atoms with van der Waals surface area (Å²) in [6, 6.07) is 16.9. The number of hydrogen-bond donors (Lipinski definition) is 0. The van der Waals surface area contributed by atoms with Crippen LogP contribution in [-0.4, -0.2) is 19.7 Å². The van der Waals surface area contributed by atoms with Gasteiger partial charge in [0.15, 0.2) is 5.65 Å². The summed E-state index contributed by atoms with van der Waals surface area (Å²) < 4.78 is 1.89. The number of nitrogens with zero attached hydrogens (tertiary/aromatic N) is 4. The molecule has 0 spiro atoms. The number of non-ortho nitro benzene ring substituents is 1. The molecule has 5 rings (SSSR count). The summed E-state index contributed by atoms with van der Waals surface area (Å²) in [6.07, 6.45) is 4.07. The second kappa shape index (κ2) is 6.81. The first kappa shape index (κ1) is 17.6. The molecule has 4 aromatic rings. The number of nitro benzene ring substituents is 1. The highest BCUT2D eigenvalue weighted by atomic mass is 16.6. The normalized spacial score (nSPS) is 13.4. The van der Waals surface area contributed by atoms with Crippen molar-refractivity contribution in [2.45, 2.75) is 32.6 Å². The molecule has 2 aromatic carbocycles. The Hall–Kier alpha value is -3.54. The number of aromatic nitrogens is 3. The molecular formula is C23H20N4O2. The molecule has 0 fully saturated rings. The molecule has 2 aromatic heterocycles. The summed E-state index contributed by atoms with van der Waals surface area (Å²) in [5.41, 5.74) is 6.96. The minimum atomic E-state index is -0.339. The van der Waals surface area contributed by atoms with E-state index in [1.54, 1.807) is 12.1 Å². The summed E-state index contributed by atoms with van der Waals surface area (Å²) in [5.74, 6) is 0. The number of benzene rings is 2. The van der Waals surface area contributed by atoms with Crippen molar-refractivity contribution in [3.63, 3.8) is 0 Å². The molecule has 0 saturated heterocycles. The number of hydrogen-bond acceptors (Lipinski definition) is 4. The molecule has 0 N–H and O–H groups in total. The highest BCUT2D eigenvalue weighted by Gasteiger charge is 2.24. The first-order valence-electron chi connectivity index (χ1n) is 9.85. The predicted octanol–water partition coefficient (Wildman–Crippen LogP) is 5.18. The lowest BCUT2D eigenvalue weighted by atomic mass is 9.87. The molecule has 0 bridgehead atoms. The fourth-order valence-electron chi connectivity index (χ4n) is 4.31. The van der Waals surface area contributed by atoms with Crippen LogP contribution in [0.25, 0.3) is 27.8 Å². The third kappa shape index (κ3) is 2.88. The molecule has 29 heavy (non-hydrogen) atoms. The van der Waals surface area contributed by atoms with E-state index in [1.165, 1.54) is 11.6 Å². The van der Waals surface area contributed by atoms with Crippen LogP contribution >= 0.6 is 0 Å². The average Bonchev–Trinajstić information content (AvgIpc) is 3.09. The van der Waals surface area contributed by atoms with Gasteiger partial charge < -0.3 is 0 Å². The van der Waals surface area contributed by atoms with Gasteiger partial charge in [0.1, 0.15) is 0 Å². The van der Waals surface area contributed by atoms with Crippen molar-refractivity contribution < 1.29 is 4.92 Å². The first-order chi connectivity index (χ1) is 14.1. The molecule has 1 aliphatic carbocycles. The smallest absolute Gasteiger partial charge is 0.258 e. The van der Waals surface area contributed by atoms with Crippen molar-refractivity contribution in [1.82, 2.24) is 14.8 Å². The largest absolute Gasteiger partial charge is 0.270 e. The summed E-state index contributed by atoms with van der Waals surface area (Å²) in [5, 5.41) is 17.1. The van der Waals surface area contributed by atoms with E-state index in [0.29, 0.717) is 0 Å². The van der Waals surface area contributed by atoms with Gasteiger partial charge in [0, 0.05) is 17.8 Å². The molecule has 2 heterocycles. The number of rotatable bonds is 3. The van der Waals surface area contributed by atoms with Crippen LogP contribution in [0.15, 0.2) is 54.6 Å². The van der Waals surface area contributed by atoms with Gasteiger partial charge in [-0.2, -0.15) is 5.10 Å². The molecule has 1 aliphatic rings. The van der Waals surface area contributed by atoms with Crippen LogP contribution in [0, 0.1) is 17.0 Å². The highest BCUT2D eigenvalue weighted by Crippen LogP contribution is 2.39. The summed E-state index contributed by atoms with van der Waals surface area (Å²) >= 11 is 0. The number of para-hydroxylation sites is 1. The van der Waals surface area contributed by atoms with E-state index in [0.717, 1.165) is 64.9 Å². The molecule has 0 amide bonds. The lowest BCUT2D eigenvalue weighted by molar-refractivity contribution is -0.384. The van der Waals surface area contributed by atoms with Crippen LogP contribution in [0.4, 0.5) is 5.69 Å². The Balaban J connectivity index is 1.86. The van der Waals surface area contributed by atoms with E-state index in [9.17, 15) is 10.1 Å². The van der Waals surface area contributed by atoms with Gasteiger partial charge in [-0.1, -0.05) is 30.3 Å². The van der Waals surface area contributed by atoms with Crippen molar-refractivity contribution in [3.05, 3.63) is 81.7 Å². The van der Waals surface area contributed by atoms with Crippen molar-refractivity contribution in [2.75, 3.05) is 0 Å². The van der Waals surface area contributed by atoms with E-state index >= 15 is 0 Å². The van der Waals surface area contributed by atoms with Gasteiger partial charge in [0.25, 0.3) is 5.69 Å². The molecule has 144 valence electrons. The highest BCUT2D eigenvalue weighted by molar-refractivity contribution is 5.98. The molecule has 6 nitrogen and oxygen atoms in total. The quantitative estimate of drug-likeness (QED) is 0.360. The Labute approximate surface area is 168 Å². The molecule has 0 radical (unpaired) electrons. The maximum atomic E-state index is 11.4. The van der Waals surface area contributed by atoms with E-state index in [2.05, 4.69) is 0 Å². The fraction of sp³-hybridized carbons (Fsp3) is 0.217. The van der Waals surface area contributed by atoms with E-state index in [1.807, 2.05) is 48.0 Å². The van der Waals surface area contributed by atoms with Crippen LogP contribution in [0.2, 0.25) is 0 Å². The molecule has 0 saturated carbocycles. The third-order valence-corrected chi connectivity index (χ3v) is 5.61. The fourth-order valence-corrected chi connectivity index (χ4v) is 4.31. The van der Waals surface area contributed by atoms with Crippen molar-refractivity contribution >= 4 is 16.7 Å². The van der Waals surface area contributed by atoms with Gasteiger partial charge >= 0.3 is 0 Å². The van der Waals surface area contributed by atoms with Gasteiger partial charge in [-0.3, -0.25) is 10.1 Å². The maximum absolute atomic E-state index is 11.4. The number of fused-ring (bicyclic) bond motifs is 2. The Morgan fingerprint density at radius 3 is 2.62 bits per heavy atom. The first-order valence-corrected chi connectivity index (χ1v) is 9.85. The zero-order valence-electron chi connectivity index (χ0n) is 16.1.